The van der Waals surface area contributed by atoms with Gasteiger partial charge in [-0.25, -0.2) is 4.79 Å². The van der Waals surface area contributed by atoms with Crippen LogP contribution in [0.4, 0.5) is 10.5 Å². The predicted octanol–water partition coefficient (Wildman–Crippen LogP) is 6.61. The second kappa shape index (κ2) is 9.47. The third-order valence-electron chi connectivity index (χ3n) is 6.08. The van der Waals surface area contributed by atoms with Crippen LogP contribution in [-0.2, 0) is 9.68 Å². The summed E-state index contributed by atoms with van der Waals surface area (Å²) in [5, 5.41) is 8.71. The number of nitrogens with one attached hydrogen (secondary N) is 1. The molecule has 2 aliphatic rings. The zero-order valence-corrected chi connectivity index (χ0v) is 19.1. The number of para-hydroxylation sites is 3. The van der Waals surface area contributed by atoms with Gasteiger partial charge < -0.3 is 14.4 Å². The summed E-state index contributed by atoms with van der Waals surface area (Å²) in [6.45, 7) is 2.02. The fraction of sp³-hybridized carbons (Fsp3) is 0.259. The number of hydrogen-bond acceptors (Lipinski definition) is 6. The monoisotopic (exact) mass is 457 g/mol. The second-order valence-corrected chi connectivity index (χ2v) is 8.59. The van der Waals surface area contributed by atoms with E-state index in [1.54, 1.807) is 17.2 Å². The van der Waals surface area contributed by atoms with Crippen molar-refractivity contribution in [2.24, 2.45) is 5.16 Å². The molecule has 0 bridgehead atoms. The van der Waals surface area contributed by atoms with E-state index >= 15 is 0 Å². The molecule has 1 N–H and O–H groups in total. The number of rotatable bonds is 5. The first kappa shape index (κ1) is 21.8. The van der Waals surface area contributed by atoms with Crippen LogP contribution in [0.1, 0.15) is 43.2 Å². The summed E-state index contributed by atoms with van der Waals surface area (Å²) in [4.78, 5) is 24.9. The standard InChI is InChI=1S/C27H27N3O4/c1-20-14-16-21(17-15-20)25-29-34-27(18-8-3-9-19-27)30(25)33-26(31)28-23-12-6-7-13-24(23)32-22-10-4-2-5-11-22/h2,4-7,10-17H,3,8-9,18-19H2,1H3,(H,28,31). The molecule has 0 atom stereocenters. The van der Waals surface area contributed by atoms with Crippen molar-refractivity contribution in [2.75, 3.05) is 5.32 Å². The molecular formula is C27H27N3O4. The van der Waals surface area contributed by atoms with E-state index in [1.165, 1.54) is 0 Å². The van der Waals surface area contributed by atoms with Crippen LogP contribution < -0.4 is 10.1 Å². The molecule has 34 heavy (non-hydrogen) atoms. The van der Waals surface area contributed by atoms with E-state index < -0.39 is 11.8 Å². The highest BCUT2D eigenvalue weighted by Gasteiger charge is 2.50. The predicted molar refractivity (Wildman–Crippen MR) is 130 cm³/mol. The van der Waals surface area contributed by atoms with Crippen LogP contribution in [0.5, 0.6) is 11.5 Å². The fourth-order valence-corrected chi connectivity index (χ4v) is 4.28. The third-order valence-corrected chi connectivity index (χ3v) is 6.08. The van der Waals surface area contributed by atoms with E-state index in [2.05, 4.69) is 10.5 Å². The molecule has 1 saturated carbocycles. The maximum Gasteiger partial charge on any atom is 0.436 e. The minimum atomic E-state index is -0.782. The summed E-state index contributed by atoms with van der Waals surface area (Å²) in [6, 6.07) is 24.6. The van der Waals surface area contributed by atoms with Gasteiger partial charge in [-0.3, -0.25) is 5.32 Å². The second-order valence-electron chi connectivity index (χ2n) is 8.59. The highest BCUT2D eigenvalue weighted by atomic mass is 16.8. The van der Waals surface area contributed by atoms with Gasteiger partial charge in [-0.15, -0.1) is 5.06 Å². The first-order valence-corrected chi connectivity index (χ1v) is 11.6. The van der Waals surface area contributed by atoms with Crippen LogP contribution in [-0.4, -0.2) is 22.7 Å². The van der Waals surface area contributed by atoms with Crippen molar-refractivity contribution in [3.05, 3.63) is 90.0 Å². The molecule has 0 radical (unpaired) electrons. The van der Waals surface area contributed by atoms with Crippen molar-refractivity contribution in [1.82, 2.24) is 5.06 Å². The van der Waals surface area contributed by atoms with Gasteiger partial charge in [-0.05, 0) is 44.0 Å². The van der Waals surface area contributed by atoms with Gasteiger partial charge in [0.2, 0.25) is 11.6 Å². The van der Waals surface area contributed by atoms with Crippen molar-refractivity contribution in [2.45, 2.75) is 44.8 Å². The molecule has 1 aliphatic heterocycles. The Morgan fingerprint density at radius 1 is 0.941 bits per heavy atom. The Hall–Kier alpha value is -4.00. The number of carbonyl (C=O) groups excluding carboxylic acids is 1. The molecule has 3 aromatic rings. The number of oxime groups is 1. The van der Waals surface area contributed by atoms with E-state index in [1.807, 2.05) is 73.7 Å². The number of benzene rings is 3. The highest BCUT2D eigenvalue weighted by Crippen LogP contribution is 2.40. The van der Waals surface area contributed by atoms with Gasteiger partial charge in [0.05, 0.1) is 5.69 Å². The van der Waals surface area contributed by atoms with Crippen LogP contribution >= 0.6 is 0 Å². The number of nitrogens with zero attached hydrogens (tertiary/aromatic N) is 2. The normalized spacial score (nSPS) is 16.5. The van der Waals surface area contributed by atoms with E-state index in [-0.39, 0.29) is 0 Å². The zero-order valence-electron chi connectivity index (χ0n) is 19.1. The zero-order chi connectivity index (χ0) is 23.4. The van der Waals surface area contributed by atoms with Gasteiger partial charge in [0.1, 0.15) is 5.75 Å². The van der Waals surface area contributed by atoms with Crippen molar-refractivity contribution in [3.8, 4) is 11.5 Å². The lowest BCUT2D eigenvalue weighted by Gasteiger charge is -2.37. The molecule has 0 unspecified atom stereocenters. The SMILES string of the molecule is Cc1ccc(C2=NOC3(CCCCC3)N2OC(=O)Nc2ccccc2Oc2ccccc2)cc1. The van der Waals surface area contributed by atoms with Crippen LogP contribution in [0, 0.1) is 6.92 Å². The number of anilines is 1. The van der Waals surface area contributed by atoms with Gasteiger partial charge in [0.15, 0.2) is 5.75 Å². The quantitative estimate of drug-likeness (QED) is 0.467. The van der Waals surface area contributed by atoms with Crippen molar-refractivity contribution >= 4 is 17.6 Å². The molecule has 0 aromatic heterocycles. The molecule has 174 valence electrons. The van der Waals surface area contributed by atoms with E-state index in [0.717, 1.165) is 43.2 Å². The Bertz CT molecular complexity index is 1170. The number of amides is 1. The lowest BCUT2D eigenvalue weighted by molar-refractivity contribution is -0.224. The molecular weight excluding hydrogens is 430 g/mol. The average molecular weight is 458 g/mol. The molecule has 0 saturated heterocycles. The number of amidine groups is 1. The molecule has 7 heteroatoms. The van der Waals surface area contributed by atoms with Crippen LogP contribution in [0.3, 0.4) is 0 Å². The Morgan fingerprint density at radius 3 is 2.41 bits per heavy atom. The Balaban J connectivity index is 1.36. The summed E-state index contributed by atoms with van der Waals surface area (Å²) in [6.07, 6.45) is 3.90. The van der Waals surface area contributed by atoms with E-state index in [9.17, 15) is 4.79 Å². The highest BCUT2D eigenvalue weighted by molar-refractivity contribution is 6.00. The molecule has 1 fully saturated rings. The molecule has 1 amide bonds. The Kier molecular flexibility index (Phi) is 6.08. The lowest BCUT2D eigenvalue weighted by atomic mass is 9.91. The van der Waals surface area contributed by atoms with Crippen LogP contribution in [0.15, 0.2) is 84.0 Å². The first-order valence-electron chi connectivity index (χ1n) is 11.6. The number of hydrogen-bond donors (Lipinski definition) is 1. The molecule has 7 nitrogen and oxygen atoms in total. The minimum Gasteiger partial charge on any atom is -0.455 e. The summed E-state index contributed by atoms with van der Waals surface area (Å²) in [7, 11) is 0. The Labute approximate surface area is 198 Å². The number of ether oxygens (including phenoxy) is 1. The number of carbonyl (C=O) groups is 1. The molecule has 1 aliphatic carbocycles. The Morgan fingerprint density at radius 2 is 1.65 bits per heavy atom. The van der Waals surface area contributed by atoms with E-state index in [4.69, 9.17) is 14.4 Å². The smallest absolute Gasteiger partial charge is 0.436 e. The van der Waals surface area contributed by atoms with Crippen LogP contribution in [0.25, 0.3) is 0 Å². The third kappa shape index (κ3) is 4.55. The molecule has 5 rings (SSSR count). The average Bonchev–Trinajstić information content (AvgIpc) is 3.18. The number of aryl methyl sites for hydroxylation is 1. The lowest BCUT2D eigenvalue weighted by Crippen LogP contribution is -2.51. The van der Waals surface area contributed by atoms with Gasteiger partial charge >= 0.3 is 6.09 Å². The molecule has 3 aromatic carbocycles. The number of hydroxylamine groups is 2. The maximum absolute atomic E-state index is 13.1. The van der Waals surface area contributed by atoms with Crippen LogP contribution in [0.2, 0.25) is 0 Å². The van der Waals surface area contributed by atoms with Gasteiger partial charge in [0, 0.05) is 18.4 Å². The minimum absolute atomic E-state index is 0.492. The fourth-order valence-electron chi connectivity index (χ4n) is 4.28. The summed E-state index contributed by atoms with van der Waals surface area (Å²) < 4.78 is 5.96. The van der Waals surface area contributed by atoms with Gasteiger partial charge in [0.25, 0.3) is 0 Å². The van der Waals surface area contributed by atoms with Crippen molar-refractivity contribution < 1.29 is 19.2 Å². The van der Waals surface area contributed by atoms with Crippen molar-refractivity contribution in [3.63, 3.8) is 0 Å². The largest absolute Gasteiger partial charge is 0.455 e. The van der Waals surface area contributed by atoms with Gasteiger partial charge in [-0.2, -0.15) is 0 Å². The van der Waals surface area contributed by atoms with Crippen molar-refractivity contribution in [1.29, 1.82) is 0 Å². The maximum atomic E-state index is 13.1. The summed E-state index contributed by atoms with van der Waals surface area (Å²) in [5.41, 5.74) is 1.68. The topological polar surface area (TPSA) is 72.4 Å². The summed E-state index contributed by atoms with van der Waals surface area (Å²) in [5.74, 6) is 1.68. The van der Waals surface area contributed by atoms with Gasteiger partial charge in [-0.1, -0.05) is 71.7 Å². The first-order chi connectivity index (χ1) is 16.6. The molecule has 1 heterocycles. The molecule has 1 spiro atoms. The van der Waals surface area contributed by atoms with E-state index in [0.29, 0.717) is 23.0 Å². The summed E-state index contributed by atoms with van der Waals surface area (Å²) >= 11 is 0.